The lowest BCUT2D eigenvalue weighted by molar-refractivity contribution is -0.385. The van der Waals surface area contributed by atoms with E-state index < -0.39 is 10.8 Å². The highest BCUT2D eigenvalue weighted by Gasteiger charge is 2.20. The van der Waals surface area contributed by atoms with Crippen LogP contribution >= 0.6 is 11.6 Å². The van der Waals surface area contributed by atoms with E-state index in [2.05, 4.69) is 5.32 Å². The molecule has 0 aliphatic carbocycles. The molecule has 0 aromatic heterocycles. The molecule has 0 bridgehead atoms. The first-order valence-corrected chi connectivity index (χ1v) is 6.63. The van der Waals surface area contributed by atoms with E-state index in [1.54, 1.807) is 0 Å². The molecular formula is C15H13ClN2O3. The van der Waals surface area contributed by atoms with Gasteiger partial charge in [-0.25, -0.2) is 0 Å². The zero-order chi connectivity index (χ0) is 15.4. The zero-order valence-electron chi connectivity index (χ0n) is 11.3. The third kappa shape index (κ3) is 3.79. The molecule has 0 aliphatic heterocycles. The standard InChI is InChI=1S/C15H13ClN2O3/c1-10-2-4-11(5-3-10)9-17-15(19)13-8-12(16)6-7-14(13)18(20)21/h2-8H,9H2,1H3,(H,17,19). The lowest BCUT2D eigenvalue weighted by Gasteiger charge is -2.07. The fraction of sp³-hybridized carbons (Fsp3) is 0.133. The van der Waals surface area contributed by atoms with Crippen molar-refractivity contribution in [2.45, 2.75) is 13.5 Å². The monoisotopic (exact) mass is 304 g/mol. The molecule has 2 aromatic carbocycles. The molecule has 0 heterocycles. The Morgan fingerprint density at radius 1 is 1.24 bits per heavy atom. The van der Waals surface area contributed by atoms with Gasteiger partial charge < -0.3 is 5.32 Å². The Morgan fingerprint density at radius 2 is 1.90 bits per heavy atom. The molecule has 1 N–H and O–H groups in total. The first-order valence-electron chi connectivity index (χ1n) is 6.25. The highest BCUT2D eigenvalue weighted by atomic mass is 35.5. The highest BCUT2D eigenvalue weighted by molar-refractivity contribution is 6.31. The number of aryl methyl sites for hydroxylation is 1. The molecule has 108 valence electrons. The van der Waals surface area contributed by atoms with Crippen LogP contribution in [0.15, 0.2) is 42.5 Å². The first kappa shape index (κ1) is 15.0. The molecule has 0 saturated heterocycles. The van der Waals surface area contributed by atoms with Crippen LogP contribution in [0.4, 0.5) is 5.69 Å². The summed E-state index contributed by atoms with van der Waals surface area (Å²) in [7, 11) is 0. The fourth-order valence-corrected chi connectivity index (χ4v) is 2.00. The van der Waals surface area contributed by atoms with Gasteiger partial charge in [0.05, 0.1) is 4.92 Å². The van der Waals surface area contributed by atoms with Crippen molar-refractivity contribution in [1.82, 2.24) is 5.32 Å². The van der Waals surface area contributed by atoms with Crippen LogP contribution in [0.3, 0.4) is 0 Å². The van der Waals surface area contributed by atoms with E-state index in [9.17, 15) is 14.9 Å². The molecule has 2 rings (SSSR count). The van der Waals surface area contributed by atoms with Gasteiger partial charge in [-0.2, -0.15) is 0 Å². The maximum Gasteiger partial charge on any atom is 0.282 e. The number of carbonyl (C=O) groups is 1. The van der Waals surface area contributed by atoms with E-state index in [0.29, 0.717) is 6.54 Å². The van der Waals surface area contributed by atoms with E-state index in [-0.39, 0.29) is 16.3 Å². The molecule has 2 aromatic rings. The molecule has 0 saturated carbocycles. The average Bonchev–Trinajstić information content (AvgIpc) is 2.46. The van der Waals surface area contributed by atoms with Crippen molar-refractivity contribution < 1.29 is 9.72 Å². The normalized spacial score (nSPS) is 10.2. The number of carbonyl (C=O) groups excluding carboxylic acids is 1. The largest absolute Gasteiger partial charge is 0.348 e. The Labute approximate surface area is 126 Å². The Bertz CT molecular complexity index is 684. The number of nitro benzene ring substituents is 1. The number of amides is 1. The summed E-state index contributed by atoms with van der Waals surface area (Å²) >= 11 is 5.80. The fourth-order valence-electron chi connectivity index (χ4n) is 1.83. The molecule has 0 fully saturated rings. The van der Waals surface area contributed by atoms with Crippen LogP contribution in [0.2, 0.25) is 5.02 Å². The van der Waals surface area contributed by atoms with Crippen molar-refractivity contribution in [2.24, 2.45) is 0 Å². The lowest BCUT2D eigenvalue weighted by Crippen LogP contribution is -2.23. The van der Waals surface area contributed by atoms with Crippen LogP contribution in [0.25, 0.3) is 0 Å². The van der Waals surface area contributed by atoms with Crippen molar-refractivity contribution >= 4 is 23.2 Å². The summed E-state index contributed by atoms with van der Waals surface area (Å²) in [6.07, 6.45) is 0. The van der Waals surface area contributed by atoms with Gasteiger partial charge in [0.1, 0.15) is 5.56 Å². The number of hydrogen-bond acceptors (Lipinski definition) is 3. The molecular weight excluding hydrogens is 292 g/mol. The highest BCUT2D eigenvalue weighted by Crippen LogP contribution is 2.22. The number of rotatable bonds is 4. The molecule has 0 radical (unpaired) electrons. The van der Waals surface area contributed by atoms with Crippen molar-refractivity contribution in [2.75, 3.05) is 0 Å². The van der Waals surface area contributed by atoms with Crippen molar-refractivity contribution in [1.29, 1.82) is 0 Å². The number of hydrogen-bond donors (Lipinski definition) is 1. The second-order valence-corrected chi connectivity index (χ2v) is 5.02. The predicted octanol–water partition coefficient (Wildman–Crippen LogP) is 3.49. The number of halogens is 1. The number of nitro groups is 1. The first-order chi connectivity index (χ1) is 9.97. The molecule has 0 spiro atoms. The van der Waals surface area contributed by atoms with Crippen molar-refractivity contribution in [3.8, 4) is 0 Å². The summed E-state index contributed by atoms with van der Waals surface area (Å²) < 4.78 is 0. The zero-order valence-corrected chi connectivity index (χ0v) is 12.1. The molecule has 1 amide bonds. The summed E-state index contributed by atoms with van der Waals surface area (Å²) in [4.78, 5) is 22.4. The maximum atomic E-state index is 12.1. The van der Waals surface area contributed by atoms with Crippen molar-refractivity contribution in [3.05, 3.63) is 74.3 Å². The van der Waals surface area contributed by atoms with E-state index in [1.165, 1.54) is 18.2 Å². The van der Waals surface area contributed by atoms with Crippen LogP contribution in [-0.2, 0) is 6.54 Å². The van der Waals surface area contributed by atoms with E-state index >= 15 is 0 Å². The van der Waals surface area contributed by atoms with Crippen LogP contribution in [0.5, 0.6) is 0 Å². The Kier molecular flexibility index (Phi) is 4.55. The molecule has 0 aliphatic rings. The smallest absolute Gasteiger partial charge is 0.282 e. The average molecular weight is 305 g/mol. The molecule has 0 unspecified atom stereocenters. The van der Waals surface area contributed by atoms with Gasteiger partial charge in [0, 0.05) is 17.6 Å². The molecule has 5 nitrogen and oxygen atoms in total. The molecule has 21 heavy (non-hydrogen) atoms. The van der Waals surface area contributed by atoms with Gasteiger partial charge in [0.2, 0.25) is 0 Å². The van der Waals surface area contributed by atoms with E-state index in [0.717, 1.165) is 11.1 Å². The summed E-state index contributed by atoms with van der Waals surface area (Å²) in [6.45, 7) is 2.26. The summed E-state index contributed by atoms with van der Waals surface area (Å²) in [5, 5.41) is 13.9. The van der Waals surface area contributed by atoms with Gasteiger partial charge in [-0.3, -0.25) is 14.9 Å². The minimum Gasteiger partial charge on any atom is -0.348 e. The van der Waals surface area contributed by atoms with Gasteiger partial charge in [-0.15, -0.1) is 0 Å². The third-order valence-electron chi connectivity index (χ3n) is 2.97. The minimum atomic E-state index is -0.600. The Balaban J connectivity index is 2.15. The van der Waals surface area contributed by atoms with E-state index in [1.807, 2.05) is 31.2 Å². The minimum absolute atomic E-state index is 0.0420. The van der Waals surface area contributed by atoms with Crippen molar-refractivity contribution in [3.63, 3.8) is 0 Å². The van der Waals surface area contributed by atoms with Gasteiger partial charge in [-0.05, 0) is 24.6 Å². The lowest BCUT2D eigenvalue weighted by atomic mass is 10.1. The molecule has 0 atom stereocenters. The summed E-state index contributed by atoms with van der Waals surface area (Å²) in [5.41, 5.74) is 1.73. The Morgan fingerprint density at radius 3 is 2.52 bits per heavy atom. The van der Waals surface area contributed by atoms with Crippen LogP contribution < -0.4 is 5.32 Å². The summed E-state index contributed by atoms with van der Waals surface area (Å²) in [5.74, 6) is -0.523. The number of nitrogens with one attached hydrogen (secondary N) is 1. The van der Waals surface area contributed by atoms with Gasteiger partial charge >= 0.3 is 0 Å². The second kappa shape index (κ2) is 6.37. The topological polar surface area (TPSA) is 72.2 Å². The quantitative estimate of drug-likeness (QED) is 0.694. The predicted molar refractivity (Wildman–Crippen MR) is 80.5 cm³/mol. The summed E-state index contributed by atoms with van der Waals surface area (Å²) in [6, 6.07) is 11.6. The number of benzene rings is 2. The van der Waals surface area contributed by atoms with Gasteiger partial charge in [-0.1, -0.05) is 41.4 Å². The van der Waals surface area contributed by atoms with Gasteiger partial charge in [0.15, 0.2) is 0 Å². The number of nitrogens with zero attached hydrogens (tertiary/aromatic N) is 1. The maximum absolute atomic E-state index is 12.1. The Hall–Kier alpha value is -2.40. The van der Waals surface area contributed by atoms with Crippen LogP contribution in [0, 0.1) is 17.0 Å². The van der Waals surface area contributed by atoms with Gasteiger partial charge in [0.25, 0.3) is 11.6 Å². The van der Waals surface area contributed by atoms with Crippen LogP contribution in [-0.4, -0.2) is 10.8 Å². The third-order valence-corrected chi connectivity index (χ3v) is 3.21. The van der Waals surface area contributed by atoms with E-state index in [4.69, 9.17) is 11.6 Å². The second-order valence-electron chi connectivity index (χ2n) is 4.59. The SMILES string of the molecule is Cc1ccc(CNC(=O)c2cc(Cl)ccc2[N+](=O)[O-])cc1. The van der Waals surface area contributed by atoms with Crippen LogP contribution in [0.1, 0.15) is 21.5 Å². The molecule has 6 heteroatoms.